The molecule has 0 radical (unpaired) electrons. The first-order chi connectivity index (χ1) is 31.7. The van der Waals surface area contributed by atoms with Gasteiger partial charge in [0.25, 0.3) is 0 Å². The first-order valence-electron chi connectivity index (χ1n) is 29.2. The fourth-order valence-electron chi connectivity index (χ4n) is 12.4. The Labute approximate surface area is 403 Å². The summed E-state index contributed by atoms with van der Waals surface area (Å²) in [5, 5.41) is 3.69. The topological polar surface area (TPSA) is 79.0 Å². The molecule has 1 N–H and O–H groups in total. The highest BCUT2D eigenvalue weighted by Crippen LogP contribution is 2.55. The normalized spacial score (nSPS) is 20.4. The molecule has 0 spiro atoms. The molecule has 380 valence electrons. The summed E-state index contributed by atoms with van der Waals surface area (Å²) in [6.07, 6.45) is 52.0. The van der Waals surface area contributed by atoms with Crippen molar-refractivity contribution in [2.75, 3.05) is 33.8 Å². The molecule has 65 heavy (non-hydrogen) atoms. The third-order valence-corrected chi connectivity index (χ3v) is 15.8. The number of nitrogens with zero attached hydrogens (tertiary/aromatic N) is 2. The molecule has 0 aromatic rings. The molecular formula is C58H109N3O4. The van der Waals surface area contributed by atoms with Crippen LogP contribution >= 0.6 is 0 Å². The SMILES string of the molecule is CCCCCCCCCCCCCCCCCC(=O)OCCCCCC(C(=O)NC12CC3CC(CC(C3)C1)C2)N(CCCN(C)C)C(=O)CCCCCCCCCCCCCCCCC. The highest BCUT2D eigenvalue weighted by Gasteiger charge is 2.52. The summed E-state index contributed by atoms with van der Waals surface area (Å²) in [7, 11) is 4.18. The van der Waals surface area contributed by atoms with E-state index in [0.29, 0.717) is 32.4 Å². The van der Waals surface area contributed by atoms with Crippen molar-refractivity contribution < 1.29 is 19.1 Å². The minimum atomic E-state index is -0.429. The Morgan fingerprint density at radius 3 is 1.29 bits per heavy atom. The Balaban J connectivity index is 1.37. The van der Waals surface area contributed by atoms with Crippen LogP contribution in [0.15, 0.2) is 0 Å². The van der Waals surface area contributed by atoms with Crippen LogP contribution in [0.4, 0.5) is 0 Å². The Morgan fingerprint density at radius 2 is 0.877 bits per heavy atom. The molecule has 0 saturated heterocycles. The lowest BCUT2D eigenvalue weighted by atomic mass is 9.53. The lowest BCUT2D eigenvalue weighted by molar-refractivity contribution is -0.144. The molecule has 2 amide bonds. The average molecular weight is 913 g/mol. The monoisotopic (exact) mass is 912 g/mol. The number of nitrogens with one attached hydrogen (secondary N) is 1. The van der Waals surface area contributed by atoms with E-state index in [2.05, 4.69) is 38.2 Å². The number of esters is 1. The van der Waals surface area contributed by atoms with E-state index < -0.39 is 6.04 Å². The van der Waals surface area contributed by atoms with Crippen LogP contribution in [0.2, 0.25) is 0 Å². The predicted octanol–water partition coefficient (Wildman–Crippen LogP) is 15.8. The lowest BCUT2D eigenvalue weighted by Gasteiger charge is -2.57. The second-order valence-electron chi connectivity index (χ2n) is 22.4. The van der Waals surface area contributed by atoms with Crippen molar-refractivity contribution in [3.63, 3.8) is 0 Å². The zero-order chi connectivity index (χ0) is 46.6. The summed E-state index contributed by atoms with van der Waals surface area (Å²) in [5.41, 5.74) is -0.0719. The summed E-state index contributed by atoms with van der Waals surface area (Å²) in [6.45, 7) is 6.55. The van der Waals surface area contributed by atoms with Gasteiger partial charge in [-0.15, -0.1) is 0 Å². The maximum atomic E-state index is 14.6. The van der Waals surface area contributed by atoms with Crippen molar-refractivity contribution in [1.29, 1.82) is 0 Å². The molecule has 4 bridgehead atoms. The number of unbranched alkanes of at least 4 members (excludes halogenated alkanes) is 30. The van der Waals surface area contributed by atoms with Gasteiger partial charge in [0.2, 0.25) is 11.8 Å². The highest BCUT2D eigenvalue weighted by molar-refractivity contribution is 5.88. The van der Waals surface area contributed by atoms with Crippen LogP contribution in [0.25, 0.3) is 0 Å². The molecule has 4 fully saturated rings. The standard InChI is InChI=1S/C58H109N3O4/c1-5-7-9-11-13-15-17-19-21-23-25-27-29-31-35-40-55(62)61(43-38-42-60(3)4)54(57(64)59-58-48-51-45-52(49-58)47-53(46-51)50-58)39-34-33-37-44-65-56(63)41-36-32-30-28-26-24-22-20-18-16-14-12-10-8-6-2/h51-54H,5-50H2,1-4H3,(H,59,64). The summed E-state index contributed by atoms with van der Waals surface area (Å²) in [4.78, 5) is 45.5. The van der Waals surface area contributed by atoms with Gasteiger partial charge in [0.05, 0.1) is 6.61 Å². The average Bonchev–Trinajstić information content (AvgIpc) is 3.27. The molecule has 4 saturated carbocycles. The summed E-state index contributed by atoms with van der Waals surface area (Å²) in [6, 6.07) is -0.429. The Hall–Kier alpha value is -1.63. The van der Waals surface area contributed by atoms with Gasteiger partial charge >= 0.3 is 5.97 Å². The number of carbonyl (C=O) groups excluding carboxylic acids is 3. The van der Waals surface area contributed by atoms with Crippen LogP contribution < -0.4 is 5.32 Å². The Morgan fingerprint density at radius 1 is 0.492 bits per heavy atom. The largest absolute Gasteiger partial charge is 0.466 e. The van der Waals surface area contributed by atoms with Crippen molar-refractivity contribution >= 4 is 17.8 Å². The van der Waals surface area contributed by atoms with Crippen LogP contribution in [0.5, 0.6) is 0 Å². The maximum absolute atomic E-state index is 14.6. The molecule has 4 aliphatic carbocycles. The predicted molar refractivity (Wildman–Crippen MR) is 276 cm³/mol. The van der Waals surface area contributed by atoms with Crippen molar-refractivity contribution in [3.8, 4) is 0 Å². The molecule has 1 atom stereocenters. The zero-order valence-corrected chi connectivity index (χ0v) is 43.9. The van der Waals surface area contributed by atoms with Gasteiger partial charge in [0.15, 0.2) is 0 Å². The molecule has 1 unspecified atom stereocenters. The van der Waals surface area contributed by atoms with E-state index in [1.54, 1.807) is 0 Å². The molecule has 4 rings (SSSR count). The van der Waals surface area contributed by atoms with E-state index in [0.717, 1.165) is 94.9 Å². The molecular weight excluding hydrogens is 803 g/mol. The van der Waals surface area contributed by atoms with Crippen molar-refractivity contribution in [2.45, 2.75) is 302 Å². The van der Waals surface area contributed by atoms with Crippen LogP contribution in [0.3, 0.4) is 0 Å². The maximum Gasteiger partial charge on any atom is 0.305 e. The van der Waals surface area contributed by atoms with Gasteiger partial charge < -0.3 is 19.9 Å². The number of amides is 2. The van der Waals surface area contributed by atoms with Crippen LogP contribution in [-0.4, -0.2) is 73.0 Å². The van der Waals surface area contributed by atoms with Crippen molar-refractivity contribution in [1.82, 2.24) is 15.1 Å². The fourth-order valence-corrected chi connectivity index (χ4v) is 12.4. The molecule has 0 aromatic heterocycles. The minimum Gasteiger partial charge on any atom is -0.466 e. The fraction of sp³-hybridized carbons (Fsp3) is 0.948. The summed E-state index contributed by atoms with van der Waals surface area (Å²) in [5.74, 6) is 2.46. The van der Waals surface area contributed by atoms with E-state index in [9.17, 15) is 14.4 Å². The molecule has 7 heteroatoms. The third kappa shape index (κ3) is 27.2. The number of rotatable bonds is 45. The van der Waals surface area contributed by atoms with Gasteiger partial charge in [-0.1, -0.05) is 200 Å². The van der Waals surface area contributed by atoms with E-state index in [1.165, 1.54) is 186 Å². The van der Waals surface area contributed by atoms with E-state index in [1.807, 2.05) is 4.90 Å². The smallest absolute Gasteiger partial charge is 0.305 e. The van der Waals surface area contributed by atoms with E-state index in [4.69, 9.17) is 4.74 Å². The number of carbonyl (C=O) groups is 3. The van der Waals surface area contributed by atoms with Gasteiger partial charge in [0.1, 0.15) is 6.04 Å². The molecule has 4 aliphatic rings. The molecule has 7 nitrogen and oxygen atoms in total. The van der Waals surface area contributed by atoms with Gasteiger partial charge in [-0.05, 0) is 115 Å². The van der Waals surface area contributed by atoms with Crippen molar-refractivity contribution in [2.24, 2.45) is 17.8 Å². The number of ether oxygens (including phenoxy) is 1. The van der Waals surface area contributed by atoms with Gasteiger partial charge in [-0.3, -0.25) is 14.4 Å². The van der Waals surface area contributed by atoms with Gasteiger partial charge in [0, 0.05) is 24.9 Å². The number of hydrogen-bond acceptors (Lipinski definition) is 5. The van der Waals surface area contributed by atoms with E-state index in [-0.39, 0.29) is 23.3 Å². The van der Waals surface area contributed by atoms with Crippen LogP contribution in [0, 0.1) is 17.8 Å². The van der Waals surface area contributed by atoms with Gasteiger partial charge in [-0.2, -0.15) is 0 Å². The van der Waals surface area contributed by atoms with Gasteiger partial charge in [-0.25, -0.2) is 0 Å². The minimum absolute atomic E-state index is 0.0658. The van der Waals surface area contributed by atoms with Crippen LogP contribution in [-0.2, 0) is 19.1 Å². The summed E-state index contributed by atoms with van der Waals surface area (Å²) < 4.78 is 5.67. The van der Waals surface area contributed by atoms with E-state index >= 15 is 0 Å². The van der Waals surface area contributed by atoms with Crippen LogP contribution in [0.1, 0.15) is 290 Å². The number of hydrogen-bond donors (Lipinski definition) is 1. The highest BCUT2D eigenvalue weighted by atomic mass is 16.5. The van der Waals surface area contributed by atoms with Crippen molar-refractivity contribution in [3.05, 3.63) is 0 Å². The summed E-state index contributed by atoms with van der Waals surface area (Å²) >= 11 is 0. The zero-order valence-electron chi connectivity index (χ0n) is 43.9. The Bertz CT molecular complexity index is 1150. The second-order valence-corrected chi connectivity index (χ2v) is 22.4. The third-order valence-electron chi connectivity index (χ3n) is 15.8. The molecule has 0 aromatic carbocycles. The quantitative estimate of drug-likeness (QED) is 0.0486. The second kappa shape index (κ2) is 37.3. The first kappa shape index (κ1) is 57.7. The molecule has 0 heterocycles. The first-order valence-corrected chi connectivity index (χ1v) is 29.2. The Kier molecular flexibility index (Phi) is 33.1. The lowest BCUT2D eigenvalue weighted by Crippen LogP contribution is -2.63. The molecule has 0 aliphatic heterocycles.